The highest BCUT2D eigenvalue weighted by Crippen LogP contribution is 2.32. The number of hydrogen-bond acceptors (Lipinski definition) is 5. The van der Waals surface area contributed by atoms with Gasteiger partial charge in [0.05, 0.1) is 23.7 Å². The van der Waals surface area contributed by atoms with E-state index in [0.29, 0.717) is 6.04 Å². The van der Waals surface area contributed by atoms with Gasteiger partial charge in [-0.15, -0.1) is 11.3 Å². The van der Waals surface area contributed by atoms with E-state index in [1.54, 1.807) is 17.7 Å². The molecule has 1 aliphatic heterocycles. The summed E-state index contributed by atoms with van der Waals surface area (Å²) in [6, 6.07) is 4.73. The van der Waals surface area contributed by atoms with Crippen LogP contribution in [-0.2, 0) is 6.54 Å². The van der Waals surface area contributed by atoms with Crippen LogP contribution in [0.15, 0.2) is 23.8 Å². The second kappa shape index (κ2) is 5.35. The molecule has 5 nitrogen and oxygen atoms in total. The molecule has 0 spiro atoms. The summed E-state index contributed by atoms with van der Waals surface area (Å²) in [6.07, 6.45) is 4.08. The molecular weight excluding hydrogens is 294 g/mol. The van der Waals surface area contributed by atoms with Crippen LogP contribution in [0.25, 0.3) is 10.2 Å². The summed E-state index contributed by atoms with van der Waals surface area (Å²) >= 11 is 1.68. The molecule has 0 unspecified atom stereocenters. The highest BCUT2D eigenvalue weighted by molar-refractivity contribution is 7.16. The van der Waals surface area contributed by atoms with Crippen LogP contribution < -0.4 is 4.90 Å². The summed E-state index contributed by atoms with van der Waals surface area (Å²) in [4.78, 5) is 12.4. The van der Waals surface area contributed by atoms with Crippen LogP contribution in [-0.4, -0.2) is 32.3 Å². The smallest absolute Gasteiger partial charge is 0.141 e. The van der Waals surface area contributed by atoms with Crippen LogP contribution in [0.3, 0.4) is 0 Å². The molecule has 114 valence electrons. The molecule has 3 aromatic heterocycles. The molecule has 0 bridgehead atoms. The van der Waals surface area contributed by atoms with Crippen molar-refractivity contribution in [2.75, 3.05) is 11.4 Å². The summed E-state index contributed by atoms with van der Waals surface area (Å²) < 4.78 is 2.13. The summed E-state index contributed by atoms with van der Waals surface area (Å²) in [7, 11) is 0. The largest absolute Gasteiger partial charge is 0.351 e. The van der Waals surface area contributed by atoms with Crippen LogP contribution >= 0.6 is 11.3 Å². The highest BCUT2D eigenvalue weighted by Gasteiger charge is 2.28. The number of rotatable bonds is 3. The predicted molar refractivity (Wildman–Crippen MR) is 89.5 cm³/mol. The Hall–Kier alpha value is -1.95. The Balaban J connectivity index is 1.66. The van der Waals surface area contributed by atoms with Gasteiger partial charge in [0.2, 0.25) is 0 Å². The van der Waals surface area contributed by atoms with Crippen molar-refractivity contribution >= 4 is 27.4 Å². The van der Waals surface area contributed by atoms with Crippen LogP contribution in [0.4, 0.5) is 5.82 Å². The van der Waals surface area contributed by atoms with Gasteiger partial charge < -0.3 is 4.90 Å². The lowest BCUT2D eigenvalue weighted by Crippen LogP contribution is -2.34. The number of fused-ring (bicyclic) bond motifs is 1. The molecule has 1 saturated heterocycles. The van der Waals surface area contributed by atoms with E-state index < -0.39 is 0 Å². The molecule has 4 heterocycles. The molecule has 0 radical (unpaired) electrons. The van der Waals surface area contributed by atoms with Gasteiger partial charge in [0.25, 0.3) is 0 Å². The number of hydrogen-bond donors (Lipinski definition) is 0. The molecular formula is C16H19N5S. The zero-order chi connectivity index (χ0) is 15.1. The zero-order valence-corrected chi connectivity index (χ0v) is 13.7. The first-order valence-corrected chi connectivity index (χ1v) is 8.56. The Morgan fingerprint density at radius 2 is 2.23 bits per heavy atom. The molecule has 0 aromatic carbocycles. The highest BCUT2D eigenvalue weighted by atomic mass is 32.1. The average molecular weight is 313 g/mol. The van der Waals surface area contributed by atoms with Crippen molar-refractivity contribution in [3.05, 3.63) is 35.2 Å². The number of thiophene rings is 1. The molecule has 1 aliphatic rings. The fraction of sp³-hybridized carbons (Fsp3) is 0.438. The van der Waals surface area contributed by atoms with Gasteiger partial charge in [-0.05, 0) is 44.2 Å². The standard InChI is InChI=1S/C16H19N5S/c1-11-8-12(2)21(19-11)9-13-4-3-6-20(13)15-14-5-7-22-16(14)18-10-17-15/h5,7-8,10,13H,3-4,6,9H2,1-2H3/t13-/m1/s1. The number of aryl methyl sites for hydroxylation is 2. The third-order valence-corrected chi connectivity index (χ3v) is 5.20. The lowest BCUT2D eigenvalue weighted by molar-refractivity contribution is 0.497. The van der Waals surface area contributed by atoms with Crippen molar-refractivity contribution < 1.29 is 0 Å². The molecule has 0 N–H and O–H groups in total. The summed E-state index contributed by atoms with van der Waals surface area (Å²) in [5.74, 6) is 1.08. The Kier molecular flexibility index (Phi) is 3.33. The maximum Gasteiger partial charge on any atom is 0.141 e. The fourth-order valence-electron chi connectivity index (χ4n) is 3.37. The minimum absolute atomic E-state index is 0.455. The van der Waals surface area contributed by atoms with E-state index in [2.05, 4.69) is 56.0 Å². The second-order valence-electron chi connectivity index (χ2n) is 5.94. The summed E-state index contributed by atoms with van der Waals surface area (Å²) in [5.41, 5.74) is 2.32. The van der Waals surface area contributed by atoms with Crippen LogP contribution in [0.2, 0.25) is 0 Å². The Morgan fingerprint density at radius 3 is 3.05 bits per heavy atom. The number of anilines is 1. The van der Waals surface area contributed by atoms with Crippen molar-refractivity contribution in [1.82, 2.24) is 19.7 Å². The first kappa shape index (κ1) is 13.7. The van der Waals surface area contributed by atoms with E-state index in [0.717, 1.165) is 29.4 Å². The van der Waals surface area contributed by atoms with Crippen LogP contribution in [0.1, 0.15) is 24.2 Å². The van der Waals surface area contributed by atoms with Gasteiger partial charge in [-0.3, -0.25) is 4.68 Å². The van der Waals surface area contributed by atoms with E-state index in [4.69, 9.17) is 0 Å². The van der Waals surface area contributed by atoms with Crippen molar-refractivity contribution in [3.63, 3.8) is 0 Å². The monoisotopic (exact) mass is 313 g/mol. The lowest BCUT2D eigenvalue weighted by Gasteiger charge is -2.26. The van der Waals surface area contributed by atoms with Crippen LogP contribution in [0, 0.1) is 13.8 Å². The van der Waals surface area contributed by atoms with Gasteiger partial charge in [0.1, 0.15) is 17.0 Å². The van der Waals surface area contributed by atoms with Crippen molar-refractivity contribution in [2.45, 2.75) is 39.3 Å². The molecule has 4 rings (SSSR count). The Labute approximate surface area is 133 Å². The van der Waals surface area contributed by atoms with E-state index in [-0.39, 0.29) is 0 Å². The molecule has 1 atom stereocenters. The van der Waals surface area contributed by atoms with Crippen molar-refractivity contribution in [1.29, 1.82) is 0 Å². The fourth-order valence-corrected chi connectivity index (χ4v) is 4.10. The normalized spacial score (nSPS) is 18.5. The molecule has 3 aromatic rings. The minimum atomic E-state index is 0.455. The maximum absolute atomic E-state index is 4.61. The molecule has 22 heavy (non-hydrogen) atoms. The minimum Gasteiger partial charge on any atom is -0.351 e. The van der Waals surface area contributed by atoms with Gasteiger partial charge >= 0.3 is 0 Å². The van der Waals surface area contributed by atoms with Gasteiger partial charge in [0, 0.05) is 12.2 Å². The topological polar surface area (TPSA) is 46.8 Å². The quantitative estimate of drug-likeness (QED) is 0.745. The number of nitrogens with zero attached hydrogens (tertiary/aromatic N) is 5. The van der Waals surface area contributed by atoms with Crippen LogP contribution in [0.5, 0.6) is 0 Å². The third kappa shape index (κ3) is 2.27. The number of aromatic nitrogens is 4. The molecule has 0 aliphatic carbocycles. The lowest BCUT2D eigenvalue weighted by atomic mass is 10.2. The van der Waals surface area contributed by atoms with Gasteiger partial charge in [-0.2, -0.15) is 5.10 Å². The van der Waals surface area contributed by atoms with Gasteiger partial charge in [-0.25, -0.2) is 9.97 Å². The van der Waals surface area contributed by atoms with Crippen molar-refractivity contribution in [2.24, 2.45) is 0 Å². The molecule has 6 heteroatoms. The van der Waals surface area contributed by atoms with Gasteiger partial charge in [0.15, 0.2) is 0 Å². The molecule has 1 fully saturated rings. The van der Waals surface area contributed by atoms with Gasteiger partial charge in [-0.1, -0.05) is 0 Å². The van der Waals surface area contributed by atoms with E-state index >= 15 is 0 Å². The summed E-state index contributed by atoms with van der Waals surface area (Å²) in [5, 5.41) is 7.88. The average Bonchev–Trinajstić information content (AvgIpc) is 3.20. The van der Waals surface area contributed by atoms with E-state index in [1.807, 2.05) is 0 Å². The molecule has 0 saturated carbocycles. The zero-order valence-electron chi connectivity index (χ0n) is 12.9. The Bertz CT molecular complexity index is 806. The SMILES string of the molecule is Cc1cc(C)n(C[C@H]2CCCN2c2ncnc3sccc23)n1. The maximum atomic E-state index is 4.61. The molecule has 0 amide bonds. The second-order valence-corrected chi connectivity index (χ2v) is 6.83. The van der Waals surface area contributed by atoms with E-state index in [1.165, 1.54) is 23.9 Å². The Morgan fingerprint density at radius 1 is 1.32 bits per heavy atom. The predicted octanol–water partition coefficient (Wildman–Crippen LogP) is 3.17. The first-order chi connectivity index (χ1) is 10.7. The van der Waals surface area contributed by atoms with Crippen molar-refractivity contribution in [3.8, 4) is 0 Å². The first-order valence-electron chi connectivity index (χ1n) is 7.68. The third-order valence-electron chi connectivity index (χ3n) is 4.38. The van der Waals surface area contributed by atoms with E-state index in [9.17, 15) is 0 Å². The summed E-state index contributed by atoms with van der Waals surface area (Å²) in [6.45, 7) is 6.16.